The molecule has 2 aromatic rings. The van der Waals surface area contributed by atoms with Crippen molar-refractivity contribution in [3.8, 4) is 5.75 Å². The van der Waals surface area contributed by atoms with Crippen LogP contribution in [0.25, 0.3) is 0 Å². The van der Waals surface area contributed by atoms with E-state index >= 15 is 0 Å². The van der Waals surface area contributed by atoms with Crippen LogP contribution < -0.4 is 10.1 Å². The van der Waals surface area contributed by atoms with Crippen molar-refractivity contribution in [2.75, 3.05) is 46.2 Å². The topological polar surface area (TPSA) is 82.2 Å². The van der Waals surface area contributed by atoms with Gasteiger partial charge in [0.05, 0.1) is 12.8 Å². The van der Waals surface area contributed by atoms with Crippen LogP contribution in [0.15, 0.2) is 48.5 Å². The third-order valence-corrected chi connectivity index (χ3v) is 5.52. The Morgan fingerprint density at radius 2 is 1.81 bits per heavy atom. The number of carbonyl (C=O) groups excluding carboxylic acids is 3. The molecule has 1 aliphatic rings. The molecule has 8 heteroatoms. The van der Waals surface area contributed by atoms with E-state index in [0.29, 0.717) is 30.9 Å². The minimum absolute atomic E-state index is 0.103. The zero-order valence-electron chi connectivity index (χ0n) is 19.0. The molecule has 1 N–H and O–H groups in total. The molecule has 0 radical (unpaired) electrons. The van der Waals surface area contributed by atoms with Crippen LogP contribution in [0.4, 0.5) is 5.69 Å². The van der Waals surface area contributed by atoms with Gasteiger partial charge in [0, 0.05) is 51.9 Å². The number of piperazine rings is 1. The molecule has 1 atom stereocenters. The minimum Gasteiger partial charge on any atom is -0.495 e. The van der Waals surface area contributed by atoms with Crippen LogP contribution in [0, 0.1) is 0 Å². The largest absolute Gasteiger partial charge is 0.495 e. The number of rotatable bonds is 5. The molecule has 170 valence electrons. The summed E-state index contributed by atoms with van der Waals surface area (Å²) in [5.74, 6) is -1.18. The van der Waals surface area contributed by atoms with Crippen LogP contribution in [0.3, 0.4) is 0 Å². The van der Waals surface area contributed by atoms with E-state index in [4.69, 9.17) is 4.74 Å². The fourth-order valence-electron chi connectivity index (χ4n) is 3.82. The molecule has 0 spiro atoms. The molecule has 0 aromatic heterocycles. The molecule has 1 saturated heterocycles. The average molecular weight is 439 g/mol. The van der Waals surface area contributed by atoms with E-state index in [0.717, 1.165) is 6.54 Å². The van der Waals surface area contributed by atoms with Crippen LogP contribution in [0.5, 0.6) is 5.75 Å². The number of amides is 3. The highest BCUT2D eigenvalue weighted by Gasteiger charge is 2.31. The molecule has 3 amide bonds. The lowest BCUT2D eigenvalue weighted by molar-refractivity contribution is -0.146. The lowest BCUT2D eigenvalue weighted by Gasteiger charge is -2.39. The molecule has 1 aliphatic heterocycles. The SMILES string of the molecule is COc1ccc(C(=O)N(C)C)cc1NC(=O)C(=O)N1CCN(Cc2ccccc2)C[C@H]1C. The van der Waals surface area contributed by atoms with Gasteiger partial charge in [-0.3, -0.25) is 19.3 Å². The van der Waals surface area contributed by atoms with E-state index in [-0.39, 0.29) is 17.6 Å². The maximum absolute atomic E-state index is 12.9. The Morgan fingerprint density at radius 3 is 2.44 bits per heavy atom. The fourth-order valence-corrected chi connectivity index (χ4v) is 3.82. The molecule has 0 aliphatic carbocycles. The number of anilines is 1. The van der Waals surface area contributed by atoms with Gasteiger partial charge in [-0.05, 0) is 30.7 Å². The van der Waals surface area contributed by atoms with Crippen molar-refractivity contribution in [2.45, 2.75) is 19.5 Å². The van der Waals surface area contributed by atoms with E-state index in [2.05, 4.69) is 22.3 Å². The summed E-state index contributed by atoms with van der Waals surface area (Å²) in [4.78, 5) is 43.2. The minimum atomic E-state index is -0.749. The van der Waals surface area contributed by atoms with Crippen molar-refractivity contribution in [3.05, 3.63) is 59.7 Å². The quantitative estimate of drug-likeness (QED) is 0.723. The highest BCUT2D eigenvalue weighted by atomic mass is 16.5. The number of methoxy groups -OCH3 is 1. The number of nitrogens with one attached hydrogen (secondary N) is 1. The van der Waals surface area contributed by atoms with Crippen LogP contribution >= 0.6 is 0 Å². The van der Waals surface area contributed by atoms with Gasteiger partial charge in [0.25, 0.3) is 5.91 Å². The second kappa shape index (κ2) is 10.3. The fraction of sp³-hybridized carbons (Fsp3) is 0.375. The summed E-state index contributed by atoms with van der Waals surface area (Å²) in [6, 6.07) is 14.8. The second-order valence-corrected chi connectivity index (χ2v) is 8.14. The number of carbonyl (C=O) groups is 3. The summed E-state index contributed by atoms with van der Waals surface area (Å²) in [6.45, 7) is 4.59. The molecule has 1 heterocycles. The lowest BCUT2D eigenvalue weighted by Crippen LogP contribution is -2.56. The Bertz CT molecular complexity index is 977. The molecule has 2 aromatic carbocycles. The van der Waals surface area contributed by atoms with Gasteiger partial charge in [-0.1, -0.05) is 30.3 Å². The van der Waals surface area contributed by atoms with Crippen LogP contribution in [-0.2, 0) is 16.1 Å². The molecule has 0 bridgehead atoms. The van der Waals surface area contributed by atoms with Crippen LogP contribution in [-0.4, -0.2) is 79.3 Å². The number of hydrogen-bond donors (Lipinski definition) is 1. The Morgan fingerprint density at radius 1 is 1.09 bits per heavy atom. The molecule has 0 unspecified atom stereocenters. The predicted molar refractivity (Wildman–Crippen MR) is 123 cm³/mol. The Hall–Kier alpha value is -3.39. The van der Waals surface area contributed by atoms with Crippen molar-refractivity contribution >= 4 is 23.4 Å². The van der Waals surface area contributed by atoms with E-state index in [1.807, 2.05) is 25.1 Å². The second-order valence-electron chi connectivity index (χ2n) is 8.14. The van der Waals surface area contributed by atoms with E-state index in [1.165, 1.54) is 23.6 Å². The summed E-state index contributed by atoms with van der Waals surface area (Å²) in [6.07, 6.45) is 0. The summed E-state index contributed by atoms with van der Waals surface area (Å²) in [5.41, 5.74) is 1.90. The number of ether oxygens (including phenoxy) is 1. The molecule has 1 fully saturated rings. The van der Waals surface area contributed by atoms with Crippen LogP contribution in [0.2, 0.25) is 0 Å². The normalized spacial score (nSPS) is 16.4. The predicted octanol–water partition coefficient (Wildman–Crippen LogP) is 2.07. The molecule has 0 saturated carbocycles. The Balaban J connectivity index is 1.65. The van der Waals surface area contributed by atoms with Crippen molar-refractivity contribution in [1.29, 1.82) is 0 Å². The monoisotopic (exact) mass is 438 g/mol. The number of hydrogen-bond acceptors (Lipinski definition) is 5. The van der Waals surface area contributed by atoms with Gasteiger partial charge in [0.1, 0.15) is 5.75 Å². The Kier molecular flexibility index (Phi) is 7.48. The average Bonchev–Trinajstić information content (AvgIpc) is 2.78. The highest BCUT2D eigenvalue weighted by molar-refractivity contribution is 6.39. The first kappa shape index (κ1) is 23.3. The summed E-state index contributed by atoms with van der Waals surface area (Å²) >= 11 is 0. The van der Waals surface area contributed by atoms with Gasteiger partial charge >= 0.3 is 11.8 Å². The van der Waals surface area contributed by atoms with Gasteiger partial charge in [-0.2, -0.15) is 0 Å². The van der Waals surface area contributed by atoms with Gasteiger partial charge in [-0.15, -0.1) is 0 Å². The Labute approximate surface area is 188 Å². The molecule has 3 rings (SSSR count). The smallest absolute Gasteiger partial charge is 0.314 e. The van der Waals surface area contributed by atoms with Gasteiger partial charge in [0.2, 0.25) is 0 Å². The lowest BCUT2D eigenvalue weighted by atomic mass is 10.1. The zero-order chi connectivity index (χ0) is 23.3. The summed E-state index contributed by atoms with van der Waals surface area (Å²) < 4.78 is 5.29. The van der Waals surface area contributed by atoms with Crippen LogP contribution in [0.1, 0.15) is 22.8 Å². The third kappa shape index (κ3) is 5.45. The first-order valence-electron chi connectivity index (χ1n) is 10.6. The third-order valence-electron chi connectivity index (χ3n) is 5.52. The zero-order valence-corrected chi connectivity index (χ0v) is 19.0. The van der Waals surface area contributed by atoms with E-state index < -0.39 is 11.8 Å². The van der Waals surface area contributed by atoms with E-state index in [1.54, 1.807) is 31.1 Å². The van der Waals surface area contributed by atoms with Gasteiger partial charge in [-0.25, -0.2) is 0 Å². The number of nitrogens with zero attached hydrogens (tertiary/aromatic N) is 3. The maximum atomic E-state index is 12.9. The van der Waals surface area contributed by atoms with Crippen molar-refractivity contribution in [2.24, 2.45) is 0 Å². The van der Waals surface area contributed by atoms with Crippen molar-refractivity contribution < 1.29 is 19.1 Å². The molecular formula is C24H30N4O4. The van der Waals surface area contributed by atoms with Gasteiger partial charge < -0.3 is 19.9 Å². The van der Waals surface area contributed by atoms with Gasteiger partial charge in [0.15, 0.2) is 0 Å². The summed E-state index contributed by atoms with van der Waals surface area (Å²) in [5, 5.41) is 2.62. The molecule has 32 heavy (non-hydrogen) atoms. The maximum Gasteiger partial charge on any atom is 0.314 e. The molecular weight excluding hydrogens is 408 g/mol. The molecule has 8 nitrogen and oxygen atoms in total. The summed E-state index contributed by atoms with van der Waals surface area (Å²) in [7, 11) is 4.76. The van der Waals surface area contributed by atoms with E-state index in [9.17, 15) is 14.4 Å². The van der Waals surface area contributed by atoms with Crippen molar-refractivity contribution in [1.82, 2.24) is 14.7 Å². The first-order valence-corrected chi connectivity index (χ1v) is 10.6. The highest BCUT2D eigenvalue weighted by Crippen LogP contribution is 2.26. The number of benzene rings is 2. The first-order chi connectivity index (χ1) is 15.3. The standard InChI is InChI=1S/C24H30N4O4/c1-17-15-27(16-18-8-6-5-7-9-18)12-13-28(17)24(31)22(29)25-20-14-19(23(30)26(2)3)10-11-21(20)32-4/h5-11,14,17H,12-13,15-16H2,1-4H3,(H,25,29)/t17-/m1/s1. The van der Waals surface area contributed by atoms with Crippen molar-refractivity contribution in [3.63, 3.8) is 0 Å².